The van der Waals surface area contributed by atoms with Crippen molar-refractivity contribution in [2.45, 2.75) is 6.92 Å². The molecule has 0 aliphatic rings. The molecular weight excluding hydrogens is 259 g/mol. The van der Waals surface area contributed by atoms with Crippen LogP contribution in [0.15, 0.2) is 48.5 Å². The van der Waals surface area contributed by atoms with E-state index < -0.39 is 11.8 Å². The lowest BCUT2D eigenvalue weighted by molar-refractivity contribution is 0.0523. The van der Waals surface area contributed by atoms with Crippen LogP contribution in [0.25, 0.3) is 0 Å². The molecule has 4 heteroatoms. The first-order valence-electron chi connectivity index (χ1n) is 6.20. The van der Waals surface area contributed by atoms with E-state index in [1.54, 1.807) is 25.1 Å². The van der Waals surface area contributed by atoms with Crippen molar-refractivity contribution in [3.8, 4) is 0 Å². The third-order valence-corrected chi connectivity index (χ3v) is 2.77. The van der Waals surface area contributed by atoms with Crippen LogP contribution in [0, 0.1) is 5.82 Å². The molecule has 0 amide bonds. The standard InChI is InChI=1S/C16H13FO3/c1-2-20-16(19)14-6-4-3-5-13(14)15(18)11-7-9-12(17)10-8-11/h3-10H,2H2,1H3. The molecule has 0 N–H and O–H groups in total. The second-order valence-electron chi connectivity index (χ2n) is 4.10. The van der Waals surface area contributed by atoms with Gasteiger partial charge in [-0.1, -0.05) is 18.2 Å². The van der Waals surface area contributed by atoms with Crippen LogP contribution in [0.5, 0.6) is 0 Å². The van der Waals surface area contributed by atoms with Crippen molar-refractivity contribution in [1.29, 1.82) is 0 Å². The van der Waals surface area contributed by atoms with Crippen LogP contribution in [0.1, 0.15) is 33.2 Å². The summed E-state index contributed by atoms with van der Waals surface area (Å²) < 4.78 is 17.8. The van der Waals surface area contributed by atoms with Crippen LogP contribution in [-0.4, -0.2) is 18.4 Å². The van der Waals surface area contributed by atoms with Crippen LogP contribution in [0.4, 0.5) is 4.39 Å². The van der Waals surface area contributed by atoms with Gasteiger partial charge in [-0.15, -0.1) is 0 Å². The first kappa shape index (κ1) is 13.9. The normalized spacial score (nSPS) is 10.1. The van der Waals surface area contributed by atoms with Crippen molar-refractivity contribution in [3.05, 3.63) is 71.0 Å². The summed E-state index contributed by atoms with van der Waals surface area (Å²) in [5, 5.41) is 0. The third-order valence-electron chi connectivity index (χ3n) is 2.77. The minimum Gasteiger partial charge on any atom is -0.462 e. The predicted octanol–water partition coefficient (Wildman–Crippen LogP) is 3.23. The average molecular weight is 272 g/mol. The molecule has 20 heavy (non-hydrogen) atoms. The Labute approximate surface area is 116 Å². The minimum atomic E-state index is -0.543. The summed E-state index contributed by atoms with van der Waals surface area (Å²) in [5.74, 6) is -1.30. The smallest absolute Gasteiger partial charge is 0.338 e. The number of ketones is 1. The van der Waals surface area contributed by atoms with E-state index in [1.165, 1.54) is 30.3 Å². The van der Waals surface area contributed by atoms with Crippen LogP contribution >= 0.6 is 0 Å². The Balaban J connectivity index is 2.39. The molecule has 0 atom stereocenters. The number of hydrogen-bond acceptors (Lipinski definition) is 3. The highest BCUT2D eigenvalue weighted by Crippen LogP contribution is 2.16. The van der Waals surface area contributed by atoms with Gasteiger partial charge in [-0.2, -0.15) is 0 Å². The van der Waals surface area contributed by atoms with E-state index in [9.17, 15) is 14.0 Å². The van der Waals surface area contributed by atoms with Gasteiger partial charge >= 0.3 is 5.97 Å². The molecular formula is C16H13FO3. The number of esters is 1. The molecule has 0 saturated carbocycles. The molecule has 0 bridgehead atoms. The van der Waals surface area contributed by atoms with E-state index in [0.29, 0.717) is 5.56 Å². The lowest BCUT2D eigenvalue weighted by Crippen LogP contribution is -2.12. The molecule has 0 aliphatic carbocycles. The molecule has 0 radical (unpaired) electrons. The van der Waals surface area contributed by atoms with Crippen LogP contribution in [0.2, 0.25) is 0 Å². The molecule has 3 nitrogen and oxygen atoms in total. The highest BCUT2D eigenvalue weighted by atomic mass is 19.1. The predicted molar refractivity (Wildman–Crippen MR) is 72.2 cm³/mol. The van der Waals surface area contributed by atoms with Gasteiger partial charge in [0.1, 0.15) is 5.82 Å². The third kappa shape index (κ3) is 2.91. The van der Waals surface area contributed by atoms with Gasteiger partial charge in [0, 0.05) is 11.1 Å². The fraction of sp³-hybridized carbons (Fsp3) is 0.125. The van der Waals surface area contributed by atoms with E-state index in [4.69, 9.17) is 4.74 Å². The zero-order valence-corrected chi connectivity index (χ0v) is 10.9. The summed E-state index contributed by atoms with van der Waals surface area (Å²) in [6.07, 6.45) is 0. The summed E-state index contributed by atoms with van der Waals surface area (Å²) in [5.41, 5.74) is 0.782. The molecule has 0 unspecified atom stereocenters. The van der Waals surface area contributed by atoms with Crippen molar-refractivity contribution in [2.75, 3.05) is 6.61 Å². The fourth-order valence-corrected chi connectivity index (χ4v) is 1.82. The van der Waals surface area contributed by atoms with Crippen LogP contribution < -0.4 is 0 Å². The van der Waals surface area contributed by atoms with Crippen LogP contribution in [-0.2, 0) is 4.74 Å². The number of hydrogen-bond donors (Lipinski definition) is 0. The Morgan fingerprint density at radius 1 is 1.00 bits per heavy atom. The van der Waals surface area contributed by atoms with Gasteiger partial charge in [0.25, 0.3) is 0 Å². The van der Waals surface area contributed by atoms with Gasteiger partial charge in [-0.05, 0) is 37.3 Å². The highest BCUT2D eigenvalue weighted by Gasteiger charge is 2.18. The number of carbonyl (C=O) groups is 2. The number of benzene rings is 2. The Hall–Kier alpha value is -2.49. The molecule has 2 aromatic carbocycles. The molecule has 2 rings (SSSR count). The SMILES string of the molecule is CCOC(=O)c1ccccc1C(=O)c1ccc(F)cc1. The monoisotopic (exact) mass is 272 g/mol. The van der Waals surface area contributed by atoms with Gasteiger partial charge in [0.2, 0.25) is 0 Å². The maximum absolute atomic E-state index is 12.9. The molecule has 0 saturated heterocycles. The molecule has 0 spiro atoms. The lowest BCUT2D eigenvalue weighted by Gasteiger charge is -2.08. The van der Waals surface area contributed by atoms with Crippen molar-refractivity contribution in [3.63, 3.8) is 0 Å². The quantitative estimate of drug-likeness (QED) is 0.634. The zero-order chi connectivity index (χ0) is 14.5. The minimum absolute atomic E-state index is 0.212. The maximum atomic E-state index is 12.9. The van der Waals surface area contributed by atoms with Crippen LogP contribution in [0.3, 0.4) is 0 Å². The van der Waals surface area contributed by atoms with Gasteiger partial charge in [0.15, 0.2) is 5.78 Å². The number of halogens is 1. The topological polar surface area (TPSA) is 43.4 Å². The van der Waals surface area contributed by atoms with Gasteiger partial charge in [-0.3, -0.25) is 4.79 Å². The second-order valence-corrected chi connectivity index (χ2v) is 4.10. The Morgan fingerprint density at radius 2 is 1.60 bits per heavy atom. The number of ether oxygens (including phenoxy) is 1. The molecule has 0 aliphatic heterocycles. The highest BCUT2D eigenvalue weighted by molar-refractivity contribution is 6.14. The Bertz CT molecular complexity index is 632. The first-order chi connectivity index (χ1) is 9.63. The molecule has 0 fully saturated rings. The van der Waals surface area contributed by atoms with E-state index in [1.807, 2.05) is 0 Å². The van der Waals surface area contributed by atoms with E-state index in [2.05, 4.69) is 0 Å². The van der Waals surface area contributed by atoms with E-state index in [-0.39, 0.29) is 23.5 Å². The second kappa shape index (κ2) is 6.10. The zero-order valence-electron chi connectivity index (χ0n) is 10.9. The number of rotatable bonds is 4. The van der Waals surface area contributed by atoms with Gasteiger partial charge in [0.05, 0.1) is 12.2 Å². The van der Waals surface area contributed by atoms with Crippen molar-refractivity contribution in [2.24, 2.45) is 0 Å². The summed E-state index contributed by atoms with van der Waals surface area (Å²) in [6, 6.07) is 11.6. The molecule has 102 valence electrons. The summed E-state index contributed by atoms with van der Waals surface area (Å²) in [4.78, 5) is 24.2. The molecule has 0 heterocycles. The van der Waals surface area contributed by atoms with Crippen molar-refractivity contribution >= 4 is 11.8 Å². The first-order valence-corrected chi connectivity index (χ1v) is 6.20. The van der Waals surface area contributed by atoms with Gasteiger partial charge < -0.3 is 4.74 Å². The Morgan fingerprint density at radius 3 is 2.20 bits per heavy atom. The van der Waals surface area contributed by atoms with E-state index in [0.717, 1.165) is 0 Å². The van der Waals surface area contributed by atoms with Gasteiger partial charge in [-0.25, -0.2) is 9.18 Å². The lowest BCUT2D eigenvalue weighted by atomic mass is 9.98. The van der Waals surface area contributed by atoms with E-state index >= 15 is 0 Å². The summed E-state index contributed by atoms with van der Waals surface area (Å²) in [6.45, 7) is 1.93. The Kier molecular flexibility index (Phi) is 4.25. The average Bonchev–Trinajstić information content (AvgIpc) is 2.47. The largest absolute Gasteiger partial charge is 0.462 e. The molecule has 2 aromatic rings. The van der Waals surface area contributed by atoms with Crippen molar-refractivity contribution in [1.82, 2.24) is 0 Å². The fourth-order valence-electron chi connectivity index (χ4n) is 1.82. The summed E-state index contributed by atoms with van der Waals surface area (Å²) >= 11 is 0. The maximum Gasteiger partial charge on any atom is 0.338 e. The molecule has 0 aromatic heterocycles. The van der Waals surface area contributed by atoms with Crippen molar-refractivity contribution < 1.29 is 18.7 Å². The number of carbonyl (C=O) groups excluding carboxylic acids is 2. The summed E-state index contributed by atoms with van der Waals surface area (Å²) in [7, 11) is 0.